The SMILES string of the molecule is C=CCc1cc(/C=c2/sc3n(c2=O)[C@@H](c2ccc(C(C)C)cc2)C(C(=O)OCC)=C(C)N=3)ccc1O. The van der Waals surface area contributed by atoms with Crippen molar-refractivity contribution < 1.29 is 14.6 Å². The fourth-order valence-electron chi connectivity index (χ4n) is 4.34. The number of benzene rings is 2. The summed E-state index contributed by atoms with van der Waals surface area (Å²) in [6, 6.07) is 12.6. The van der Waals surface area contributed by atoms with E-state index in [1.54, 1.807) is 42.7 Å². The minimum Gasteiger partial charge on any atom is -0.508 e. The fourth-order valence-corrected chi connectivity index (χ4v) is 5.38. The summed E-state index contributed by atoms with van der Waals surface area (Å²) in [5, 5.41) is 10.1. The van der Waals surface area contributed by atoms with Crippen LogP contribution in [0.5, 0.6) is 5.75 Å². The standard InChI is InChI=1S/C29H30N2O4S/c1-6-8-22-15-19(9-14-23(22)32)16-24-27(33)31-26(21-12-10-20(11-13-21)17(3)4)25(28(34)35-7-2)18(5)30-29(31)36-24/h6,9-17,26,32H,1,7-8H2,2-5H3/b24-16+/t26-/m0/s1. The van der Waals surface area contributed by atoms with Crippen molar-refractivity contribution in [2.24, 2.45) is 4.99 Å². The number of aromatic hydroxyl groups is 1. The molecule has 0 aliphatic carbocycles. The number of hydrogen-bond acceptors (Lipinski definition) is 6. The molecule has 36 heavy (non-hydrogen) atoms. The van der Waals surface area contributed by atoms with E-state index >= 15 is 0 Å². The van der Waals surface area contributed by atoms with Gasteiger partial charge in [0.1, 0.15) is 5.75 Å². The Labute approximate surface area is 214 Å². The van der Waals surface area contributed by atoms with E-state index in [0.717, 1.165) is 16.7 Å². The number of carbonyl (C=O) groups excluding carboxylic acids is 1. The van der Waals surface area contributed by atoms with E-state index < -0.39 is 12.0 Å². The molecular weight excluding hydrogens is 472 g/mol. The summed E-state index contributed by atoms with van der Waals surface area (Å²) < 4.78 is 7.44. The van der Waals surface area contributed by atoms with Crippen molar-refractivity contribution >= 4 is 23.4 Å². The van der Waals surface area contributed by atoms with E-state index in [9.17, 15) is 14.7 Å². The molecule has 7 heteroatoms. The molecule has 0 radical (unpaired) electrons. The van der Waals surface area contributed by atoms with Crippen LogP contribution in [0.25, 0.3) is 6.08 Å². The molecule has 2 heterocycles. The van der Waals surface area contributed by atoms with Crippen molar-refractivity contribution in [2.75, 3.05) is 6.61 Å². The molecule has 0 saturated heterocycles. The predicted octanol–water partition coefficient (Wildman–Crippen LogP) is 4.36. The second-order valence-electron chi connectivity index (χ2n) is 9.00. The summed E-state index contributed by atoms with van der Waals surface area (Å²) in [6.45, 7) is 11.7. The van der Waals surface area contributed by atoms with E-state index in [2.05, 4.69) is 25.4 Å². The largest absolute Gasteiger partial charge is 0.508 e. The third-order valence-corrected chi connectivity index (χ3v) is 7.18. The van der Waals surface area contributed by atoms with Crippen molar-refractivity contribution in [2.45, 2.75) is 46.1 Å². The number of fused-ring (bicyclic) bond motifs is 1. The van der Waals surface area contributed by atoms with Gasteiger partial charge in [0.25, 0.3) is 5.56 Å². The molecule has 1 aliphatic rings. The Kier molecular flexibility index (Phi) is 7.40. The van der Waals surface area contributed by atoms with E-state index in [0.29, 0.717) is 32.9 Å². The van der Waals surface area contributed by atoms with E-state index in [4.69, 9.17) is 4.74 Å². The Bertz CT molecular complexity index is 1520. The first-order valence-corrected chi connectivity index (χ1v) is 12.8. The maximum atomic E-state index is 13.7. The predicted molar refractivity (Wildman–Crippen MR) is 143 cm³/mol. The molecular formula is C29H30N2O4S. The maximum absolute atomic E-state index is 13.7. The third-order valence-electron chi connectivity index (χ3n) is 6.20. The number of ether oxygens (including phenoxy) is 1. The van der Waals surface area contributed by atoms with Crippen molar-refractivity contribution in [3.63, 3.8) is 0 Å². The maximum Gasteiger partial charge on any atom is 0.338 e. The summed E-state index contributed by atoms with van der Waals surface area (Å²) in [6.07, 6.45) is 4.03. The number of phenolic OH excluding ortho intramolecular Hbond substituents is 1. The lowest BCUT2D eigenvalue weighted by Gasteiger charge is -2.25. The lowest BCUT2D eigenvalue weighted by atomic mass is 9.93. The number of thiazole rings is 1. The highest BCUT2D eigenvalue weighted by Crippen LogP contribution is 2.31. The second-order valence-corrected chi connectivity index (χ2v) is 10.0. The Hall–Kier alpha value is -3.71. The molecule has 0 saturated carbocycles. The highest BCUT2D eigenvalue weighted by molar-refractivity contribution is 7.07. The topological polar surface area (TPSA) is 80.9 Å². The molecule has 1 N–H and O–H groups in total. The summed E-state index contributed by atoms with van der Waals surface area (Å²) >= 11 is 1.28. The normalized spacial score (nSPS) is 15.6. The Balaban J connectivity index is 1.91. The van der Waals surface area contributed by atoms with Crippen LogP contribution in [0.1, 0.15) is 61.9 Å². The van der Waals surface area contributed by atoms with Gasteiger partial charge in [0.2, 0.25) is 0 Å². The molecule has 1 aliphatic heterocycles. The monoisotopic (exact) mass is 502 g/mol. The van der Waals surface area contributed by atoms with Gasteiger partial charge in [-0.25, -0.2) is 9.79 Å². The van der Waals surface area contributed by atoms with Crippen molar-refractivity contribution in [3.05, 3.63) is 108 Å². The van der Waals surface area contributed by atoms with Gasteiger partial charge in [-0.3, -0.25) is 9.36 Å². The minimum atomic E-state index is -0.639. The van der Waals surface area contributed by atoms with E-state index in [-0.39, 0.29) is 17.9 Å². The quantitative estimate of drug-likeness (QED) is 0.385. The summed E-state index contributed by atoms with van der Waals surface area (Å²) in [5.41, 5.74) is 4.19. The van der Waals surface area contributed by atoms with E-state index in [1.165, 1.54) is 16.9 Å². The number of carbonyl (C=O) groups is 1. The first-order chi connectivity index (χ1) is 17.2. The van der Waals surface area contributed by atoms with Crippen molar-refractivity contribution in [1.29, 1.82) is 0 Å². The molecule has 186 valence electrons. The Morgan fingerprint density at radius 2 is 1.97 bits per heavy atom. The van der Waals surface area contributed by atoms with Gasteiger partial charge in [-0.05, 0) is 66.6 Å². The van der Waals surface area contributed by atoms with Crippen LogP contribution in [-0.4, -0.2) is 22.2 Å². The number of aromatic nitrogens is 1. The number of esters is 1. The number of nitrogens with zero attached hydrogens (tertiary/aromatic N) is 2. The molecule has 0 unspecified atom stereocenters. The summed E-state index contributed by atoms with van der Waals surface area (Å²) in [4.78, 5) is 31.9. The van der Waals surface area contributed by atoms with Crippen molar-refractivity contribution in [1.82, 2.24) is 4.57 Å². The summed E-state index contributed by atoms with van der Waals surface area (Å²) in [5.74, 6) is 0.0748. The highest BCUT2D eigenvalue weighted by atomic mass is 32.1. The average molecular weight is 503 g/mol. The smallest absolute Gasteiger partial charge is 0.338 e. The van der Waals surface area contributed by atoms with Crippen LogP contribution in [0.3, 0.4) is 0 Å². The van der Waals surface area contributed by atoms with Gasteiger partial charge in [0.05, 0.1) is 28.5 Å². The van der Waals surface area contributed by atoms with Crippen LogP contribution in [0.15, 0.2) is 76.2 Å². The molecule has 0 fully saturated rings. The molecule has 2 aromatic carbocycles. The molecule has 3 aromatic rings. The molecule has 0 spiro atoms. The first kappa shape index (κ1) is 25.4. The van der Waals surface area contributed by atoms with Crippen LogP contribution in [0, 0.1) is 0 Å². The van der Waals surface area contributed by atoms with Gasteiger partial charge in [0, 0.05) is 0 Å². The summed E-state index contributed by atoms with van der Waals surface area (Å²) in [7, 11) is 0. The zero-order chi connectivity index (χ0) is 26.0. The van der Waals surface area contributed by atoms with Crippen LogP contribution in [0.2, 0.25) is 0 Å². The average Bonchev–Trinajstić information content (AvgIpc) is 3.15. The molecule has 0 amide bonds. The number of hydrogen-bond donors (Lipinski definition) is 1. The molecule has 1 aromatic heterocycles. The number of rotatable bonds is 7. The number of phenols is 1. The van der Waals surface area contributed by atoms with Crippen LogP contribution in [-0.2, 0) is 16.0 Å². The fraction of sp³-hybridized carbons (Fsp3) is 0.276. The van der Waals surface area contributed by atoms with Crippen LogP contribution < -0.4 is 14.9 Å². The van der Waals surface area contributed by atoms with Crippen molar-refractivity contribution in [3.8, 4) is 5.75 Å². The van der Waals surface area contributed by atoms with Gasteiger partial charge in [0.15, 0.2) is 4.80 Å². The minimum absolute atomic E-state index is 0.188. The number of allylic oxidation sites excluding steroid dienone is 2. The molecule has 0 bridgehead atoms. The van der Waals surface area contributed by atoms with Gasteiger partial charge in [-0.2, -0.15) is 0 Å². The first-order valence-electron chi connectivity index (χ1n) is 12.0. The second kappa shape index (κ2) is 10.5. The zero-order valence-corrected chi connectivity index (χ0v) is 21.8. The Morgan fingerprint density at radius 3 is 2.61 bits per heavy atom. The van der Waals surface area contributed by atoms with E-state index in [1.807, 2.05) is 30.3 Å². The third kappa shape index (κ3) is 4.84. The molecule has 1 atom stereocenters. The van der Waals surface area contributed by atoms with Crippen LogP contribution in [0.4, 0.5) is 0 Å². The van der Waals surface area contributed by atoms with Crippen LogP contribution >= 0.6 is 11.3 Å². The van der Waals surface area contributed by atoms with Gasteiger partial charge in [-0.1, -0.05) is 61.6 Å². The molecule has 6 nitrogen and oxygen atoms in total. The van der Waals surface area contributed by atoms with Gasteiger partial charge in [-0.15, -0.1) is 6.58 Å². The Morgan fingerprint density at radius 1 is 1.25 bits per heavy atom. The highest BCUT2D eigenvalue weighted by Gasteiger charge is 2.33. The molecule has 4 rings (SSSR count). The zero-order valence-electron chi connectivity index (χ0n) is 20.9. The lowest BCUT2D eigenvalue weighted by molar-refractivity contribution is -0.139. The van der Waals surface area contributed by atoms with Gasteiger partial charge >= 0.3 is 5.97 Å². The van der Waals surface area contributed by atoms with Gasteiger partial charge < -0.3 is 9.84 Å². The lowest BCUT2D eigenvalue weighted by Crippen LogP contribution is -2.39.